The molecule has 1 N–H and O–H groups in total. The van der Waals surface area contributed by atoms with Gasteiger partial charge in [-0.25, -0.2) is 0 Å². The molecule has 0 saturated carbocycles. The van der Waals surface area contributed by atoms with E-state index in [1.807, 2.05) is 13.1 Å². The number of hydrogen-bond donors (Lipinski definition) is 1. The molecule has 0 aliphatic carbocycles. The van der Waals surface area contributed by atoms with Crippen LogP contribution in [-0.2, 0) is 6.42 Å². The van der Waals surface area contributed by atoms with Crippen LogP contribution < -0.4 is 5.32 Å². The van der Waals surface area contributed by atoms with Crippen molar-refractivity contribution < 1.29 is 0 Å². The lowest BCUT2D eigenvalue weighted by Gasteiger charge is -1.97. The quantitative estimate of drug-likeness (QED) is 0.628. The van der Waals surface area contributed by atoms with E-state index >= 15 is 0 Å². The van der Waals surface area contributed by atoms with Crippen LogP contribution in [0.5, 0.6) is 0 Å². The zero-order valence-electron chi connectivity index (χ0n) is 8.46. The molecular weight excluding hydrogens is 238 g/mol. The zero-order valence-corrected chi connectivity index (χ0v) is 10.0. The number of nitrogens with one attached hydrogen (secondary N) is 1. The SMILES string of the molecule is CNCCC=CCc1cccc(Br)c1. The van der Waals surface area contributed by atoms with Crippen LogP contribution in [0.4, 0.5) is 0 Å². The fourth-order valence-corrected chi connectivity index (χ4v) is 1.68. The van der Waals surface area contributed by atoms with Crippen molar-refractivity contribution in [1.29, 1.82) is 0 Å². The van der Waals surface area contributed by atoms with E-state index in [0.717, 1.165) is 23.9 Å². The maximum absolute atomic E-state index is 3.46. The van der Waals surface area contributed by atoms with Crippen LogP contribution in [-0.4, -0.2) is 13.6 Å². The van der Waals surface area contributed by atoms with Crippen LogP contribution in [0, 0.1) is 0 Å². The Morgan fingerprint density at radius 1 is 1.36 bits per heavy atom. The molecule has 0 aromatic heterocycles. The second-order valence-corrected chi connectivity index (χ2v) is 4.11. The van der Waals surface area contributed by atoms with E-state index in [0.29, 0.717) is 0 Å². The number of rotatable bonds is 5. The summed E-state index contributed by atoms with van der Waals surface area (Å²) in [6.45, 7) is 1.05. The Hall–Kier alpha value is -0.600. The first-order valence-corrected chi connectivity index (χ1v) is 5.66. The van der Waals surface area contributed by atoms with Crippen molar-refractivity contribution in [1.82, 2.24) is 5.32 Å². The summed E-state index contributed by atoms with van der Waals surface area (Å²) in [7, 11) is 1.97. The largest absolute Gasteiger partial charge is 0.319 e. The normalized spacial score (nSPS) is 11.0. The van der Waals surface area contributed by atoms with Gasteiger partial charge in [0.15, 0.2) is 0 Å². The molecule has 0 fully saturated rings. The summed E-state index contributed by atoms with van der Waals surface area (Å²) in [6, 6.07) is 8.42. The molecule has 0 spiro atoms. The third-order valence-corrected chi connectivity index (χ3v) is 2.46. The van der Waals surface area contributed by atoms with Crippen LogP contribution in [0.15, 0.2) is 40.9 Å². The third kappa shape index (κ3) is 4.58. The van der Waals surface area contributed by atoms with E-state index in [4.69, 9.17) is 0 Å². The molecule has 0 heterocycles. The molecule has 0 radical (unpaired) electrons. The van der Waals surface area contributed by atoms with Crippen molar-refractivity contribution in [3.05, 3.63) is 46.5 Å². The summed E-state index contributed by atoms with van der Waals surface area (Å²) in [4.78, 5) is 0. The van der Waals surface area contributed by atoms with Gasteiger partial charge in [-0.15, -0.1) is 0 Å². The van der Waals surface area contributed by atoms with Crippen LogP contribution in [0.25, 0.3) is 0 Å². The van der Waals surface area contributed by atoms with Crippen molar-refractivity contribution in [2.24, 2.45) is 0 Å². The van der Waals surface area contributed by atoms with Crippen molar-refractivity contribution in [2.45, 2.75) is 12.8 Å². The summed E-state index contributed by atoms with van der Waals surface area (Å²) in [5, 5.41) is 3.12. The highest BCUT2D eigenvalue weighted by Gasteiger charge is 1.89. The molecule has 1 aromatic rings. The van der Waals surface area contributed by atoms with Crippen molar-refractivity contribution in [2.75, 3.05) is 13.6 Å². The van der Waals surface area contributed by atoms with E-state index in [-0.39, 0.29) is 0 Å². The van der Waals surface area contributed by atoms with Gasteiger partial charge < -0.3 is 5.32 Å². The zero-order chi connectivity index (χ0) is 10.2. The maximum atomic E-state index is 3.46. The molecule has 0 aliphatic heterocycles. The average molecular weight is 254 g/mol. The molecule has 76 valence electrons. The van der Waals surface area contributed by atoms with E-state index in [9.17, 15) is 0 Å². The molecule has 0 unspecified atom stereocenters. The molecule has 14 heavy (non-hydrogen) atoms. The van der Waals surface area contributed by atoms with Crippen LogP contribution in [0.1, 0.15) is 12.0 Å². The molecule has 0 bridgehead atoms. The van der Waals surface area contributed by atoms with Gasteiger partial charge in [0.1, 0.15) is 0 Å². The Morgan fingerprint density at radius 3 is 2.93 bits per heavy atom. The van der Waals surface area contributed by atoms with Gasteiger partial charge in [-0.2, -0.15) is 0 Å². The lowest BCUT2D eigenvalue weighted by molar-refractivity contribution is 0.806. The second-order valence-electron chi connectivity index (χ2n) is 3.20. The molecule has 0 amide bonds. The van der Waals surface area contributed by atoms with Crippen molar-refractivity contribution >= 4 is 15.9 Å². The van der Waals surface area contributed by atoms with Crippen LogP contribution in [0.2, 0.25) is 0 Å². The molecular formula is C12H16BrN. The second kappa shape index (κ2) is 6.80. The van der Waals surface area contributed by atoms with Crippen molar-refractivity contribution in [3.8, 4) is 0 Å². The predicted octanol–water partition coefficient (Wildman–Crippen LogP) is 3.16. The Bertz CT molecular complexity index is 294. The van der Waals surface area contributed by atoms with Crippen LogP contribution in [0.3, 0.4) is 0 Å². The Labute approximate surface area is 94.3 Å². The molecule has 1 rings (SSSR count). The highest BCUT2D eigenvalue weighted by Crippen LogP contribution is 2.12. The summed E-state index contributed by atoms with van der Waals surface area (Å²) in [5.41, 5.74) is 1.35. The molecule has 0 saturated heterocycles. The van der Waals surface area contributed by atoms with Gasteiger partial charge in [-0.05, 0) is 44.1 Å². The minimum atomic E-state index is 1.02. The van der Waals surface area contributed by atoms with Gasteiger partial charge in [0, 0.05) is 4.47 Å². The van der Waals surface area contributed by atoms with Gasteiger partial charge in [0.25, 0.3) is 0 Å². The monoisotopic (exact) mass is 253 g/mol. The maximum Gasteiger partial charge on any atom is 0.0178 e. The van der Waals surface area contributed by atoms with Gasteiger partial charge in [-0.3, -0.25) is 0 Å². The minimum absolute atomic E-state index is 1.02. The first-order valence-electron chi connectivity index (χ1n) is 4.87. The smallest absolute Gasteiger partial charge is 0.0178 e. The Kier molecular flexibility index (Phi) is 5.57. The van der Waals surface area contributed by atoms with E-state index in [1.165, 1.54) is 5.56 Å². The fraction of sp³-hybridized carbons (Fsp3) is 0.333. The predicted molar refractivity (Wildman–Crippen MR) is 65.5 cm³/mol. The first kappa shape index (κ1) is 11.5. The van der Waals surface area contributed by atoms with Gasteiger partial charge >= 0.3 is 0 Å². The summed E-state index contributed by atoms with van der Waals surface area (Å²) in [6.07, 6.45) is 6.56. The molecule has 1 nitrogen and oxygen atoms in total. The lowest BCUT2D eigenvalue weighted by Crippen LogP contribution is -2.05. The molecule has 0 aliphatic rings. The highest BCUT2D eigenvalue weighted by molar-refractivity contribution is 9.10. The first-order chi connectivity index (χ1) is 6.83. The third-order valence-electron chi connectivity index (χ3n) is 1.97. The summed E-state index contributed by atoms with van der Waals surface area (Å²) < 4.78 is 1.15. The molecule has 0 atom stereocenters. The Balaban J connectivity index is 2.34. The van der Waals surface area contributed by atoms with E-state index in [2.05, 4.69) is 51.6 Å². The number of hydrogen-bond acceptors (Lipinski definition) is 1. The lowest BCUT2D eigenvalue weighted by atomic mass is 10.1. The van der Waals surface area contributed by atoms with E-state index < -0.39 is 0 Å². The van der Waals surface area contributed by atoms with Crippen LogP contribution >= 0.6 is 15.9 Å². The average Bonchev–Trinajstić information content (AvgIpc) is 2.18. The topological polar surface area (TPSA) is 12.0 Å². The summed E-state index contributed by atoms with van der Waals surface area (Å²) in [5.74, 6) is 0. The van der Waals surface area contributed by atoms with Crippen molar-refractivity contribution in [3.63, 3.8) is 0 Å². The number of halogens is 1. The number of allylic oxidation sites excluding steroid dienone is 1. The minimum Gasteiger partial charge on any atom is -0.319 e. The summed E-state index contributed by atoms with van der Waals surface area (Å²) >= 11 is 3.46. The van der Waals surface area contributed by atoms with Gasteiger partial charge in [0.05, 0.1) is 0 Å². The molecule has 2 heteroatoms. The van der Waals surface area contributed by atoms with Gasteiger partial charge in [-0.1, -0.05) is 40.2 Å². The number of benzene rings is 1. The standard InChI is InChI=1S/C12H16BrN/c1-14-9-4-2-3-6-11-7-5-8-12(13)10-11/h2-3,5,7-8,10,14H,4,6,9H2,1H3. The highest BCUT2D eigenvalue weighted by atomic mass is 79.9. The molecule has 1 aromatic carbocycles. The Morgan fingerprint density at radius 2 is 2.21 bits per heavy atom. The fourth-order valence-electron chi connectivity index (χ4n) is 1.23. The van der Waals surface area contributed by atoms with E-state index in [1.54, 1.807) is 0 Å². The van der Waals surface area contributed by atoms with Gasteiger partial charge in [0.2, 0.25) is 0 Å².